The van der Waals surface area contributed by atoms with Crippen LogP contribution in [0.3, 0.4) is 0 Å². The summed E-state index contributed by atoms with van der Waals surface area (Å²) in [5.41, 5.74) is 1.55. The zero-order valence-corrected chi connectivity index (χ0v) is 14.3. The van der Waals surface area contributed by atoms with Gasteiger partial charge in [0.2, 0.25) is 11.8 Å². The van der Waals surface area contributed by atoms with Crippen LogP contribution in [-0.4, -0.2) is 58.0 Å². The fraction of sp³-hybridized carbons (Fsp3) is 0.588. The Bertz CT molecular complexity index is 596. The molecule has 2 unspecified atom stereocenters. The Hall–Kier alpha value is -2.15. The van der Waals surface area contributed by atoms with E-state index >= 15 is 0 Å². The molecule has 1 aliphatic rings. The van der Waals surface area contributed by atoms with Crippen LogP contribution in [0.15, 0.2) is 18.5 Å². The molecule has 1 heterocycles. The predicted octanol–water partition coefficient (Wildman–Crippen LogP) is 0.552. The number of aliphatic hydroxyl groups excluding tert-OH is 1. The van der Waals surface area contributed by atoms with Crippen LogP contribution >= 0.6 is 0 Å². The Morgan fingerprint density at radius 1 is 1.50 bits per heavy atom. The number of allylic oxidation sites excluding steroid dienone is 2. The molecule has 0 saturated heterocycles. The van der Waals surface area contributed by atoms with Crippen LogP contribution in [-0.2, 0) is 16.0 Å². The van der Waals surface area contributed by atoms with Crippen LogP contribution in [0.4, 0.5) is 0 Å². The SMILES string of the molecule is Cc1[nH]cnc1CC(=O)NCC(O)CN(C)C(=O)C1CC=CCC1. The van der Waals surface area contributed by atoms with Gasteiger partial charge in [0, 0.05) is 31.7 Å². The highest BCUT2D eigenvalue weighted by Gasteiger charge is 2.23. The third kappa shape index (κ3) is 5.19. The lowest BCUT2D eigenvalue weighted by Crippen LogP contribution is -2.43. The lowest BCUT2D eigenvalue weighted by atomic mass is 9.93. The van der Waals surface area contributed by atoms with Gasteiger partial charge in [-0.1, -0.05) is 12.2 Å². The molecule has 7 heteroatoms. The summed E-state index contributed by atoms with van der Waals surface area (Å²) in [6.45, 7) is 2.18. The average molecular weight is 334 g/mol. The first-order valence-electron chi connectivity index (χ1n) is 8.31. The zero-order valence-electron chi connectivity index (χ0n) is 14.3. The van der Waals surface area contributed by atoms with Gasteiger partial charge in [0.15, 0.2) is 0 Å². The third-order valence-corrected chi connectivity index (χ3v) is 4.28. The van der Waals surface area contributed by atoms with Gasteiger partial charge in [-0.25, -0.2) is 4.98 Å². The highest BCUT2D eigenvalue weighted by molar-refractivity contribution is 5.79. The highest BCUT2D eigenvalue weighted by atomic mass is 16.3. The van der Waals surface area contributed by atoms with E-state index in [0.29, 0.717) is 5.69 Å². The van der Waals surface area contributed by atoms with E-state index in [1.807, 2.05) is 13.0 Å². The van der Waals surface area contributed by atoms with E-state index < -0.39 is 6.10 Å². The molecule has 0 bridgehead atoms. The van der Waals surface area contributed by atoms with Gasteiger partial charge in [0.05, 0.1) is 24.5 Å². The van der Waals surface area contributed by atoms with E-state index in [-0.39, 0.29) is 37.2 Å². The maximum absolute atomic E-state index is 12.3. The number of aromatic amines is 1. The first-order valence-corrected chi connectivity index (χ1v) is 8.31. The number of imidazole rings is 1. The van der Waals surface area contributed by atoms with Crippen LogP contribution in [0.2, 0.25) is 0 Å². The fourth-order valence-corrected chi connectivity index (χ4v) is 2.81. The van der Waals surface area contributed by atoms with Crippen molar-refractivity contribution in [3.05, 3.63) is 29.9 Å². The molecule has 0 aromatic carbocycles. The smallest absolute Gasteiger partial charge is 0.226 e. The molecule has 3 N–H and O–H groups in total. The number of amides is 2. The molecule has 0 aliphatic heterocycles. The molecule has 2 atom stereocenters. The van der Waals surface area contributed by atoms with Crippen LogP contribution in [0.5, 0.6) is 0 Å². The Kier molecular flexibility index (Phi) is 6.54. The summed E-state index contributed by atoms with van der Waals surface area (Å²) in [7, 11) is 1.69. The number of rotatable bonds is 7. The van der Waals surface area contributed by atoms with Crippen LogP contribution in [0, 0.1) is 12.8 Å². The molecule has 0 radical (unpaired) electrons. The molecule has 132 valence electrons. The number of likely N-dealkylation sites (N-methyl/N-ethyl adjacent to an activating group) is 1. The molecular weight excluding hydrogens is 308 g/mol. The largest absolute Gasteiger partial charge is 0.389 e. The van der Waals surface area contributed by atoms with Gasteiger partial charge in [-0.3, -0.25) is 9.59 Å². The van der Waals surface area contributed by atoms with Gasteiger partial charge in [-0.15, -0.1) is 0 Å². The van der Waals surface area contributed by atoms with Gasteiger partial charge in [0.1, 0.15) is 0 Å². The number of nitrogens with one attached hydrogen (secondary N) is 2. The fourth-order valence-electron chi connectivity index (χ4n) is 2.81. The predicted molar refractivity (Wildman–Crippen MR) is 90.2 cm³/mol. The van der Waals surface area contributed by atoms with Gasteiger partial charge in [-0.05, 0) is 26.2 Å². The Labute approximate surface area is 142 Å². The number of aliphatic hydroxyl groups is 1. The second-order valence-electron chi connectivity index (χ2n) is 6.31. The Morgan fingerprint density at radius 2 is 2.29 bits per heavy atom. The summed E-state index contributed by atoms with van der Waals surface area (Å²) in [5, 5.41) is 12.7. The Morgan fingerprint density at radius 3 is 2.92 bits per heavy atom. The zero-order chi connectivity index (χ0) is 17.5. The van der Waals surface area contributed by atoms with Crippen molar-refractivity contribution in [3.63, 3.8) is 0 Å². The van der Waals surface area contributed by atoms with Crippen molar-refractivity contribution in [2.45, 2.75) is 38.7 Å². The van der Waals surface area contributed by atoms with Crippen molar-refractivity contribution in [3.8, 4) is 0 Å². The van der Waals surface area contributed by atoms with Gasteiger partial charge < -0.3 is 20.3 Å². The van der Waals surface area contributed by atoms with E-state index in [1.165, 1.54) is 0 Å². The topological polar surface area (TPSA) is 98.3 Å². The maximum Gasteiger partial charge on any atom is 0.226 e. The van der Waals surface area contributed by atoms with Crippen LogP contribution in [0.1, 0.15) is 30.7 Å². The van der Waals surface area contributed by atoms with E-state index in [9.17, 15) is 14.7 Å². The van der Waals surface area contributed by atoms with Crippen molar-refractivity contribution in [1.82, 2.24) is 20.2 Å². The number of aryl methyl sites for hydroxylation is 1. The molecular formula is C17H26N4O3. The molecule has 1 aromatic heterocycles. The maximum atomic E-state index is 12.3. The number of hydrogen-bond acceptors (Lipinski definition) is 4. The number of aromatic nitrogens is 2. The van der Waals surface area contributed by atoms with Crippen LogP contribution in [0.25, 0.3) is 0 Å². The summed E-state index contributed by atoms with van der Waals surface area (Å²) in [6.07, 6.45) is 7.61. The Balaban J connectivity index is 1.71. The molecule has 0 spiro atoms. The van der Waals surface area contributed by atoms with E-state index in [1.54, 1.807) is 18.3 Å². The lowest BCUT2D eigenvalue weighted by Gasteiger charge is -2.26. The quantitative estimate of drug-likeness (QED) is 0.634. The molecule has 0 saturated carbocycles. The number of carbonyl (C=O) groups excluding carboxylic acids is 2. The first kappa shape index (κ1) is 18.2. The van der Waals surface area contributed by atoms with Crippen molar-refractivity contribution in [2.75, 3.05) is 20.1 Å². The summed E-state index contributed by atoms with van der Waals surface area (Å²) in [6, 6.07) is 0. The molecule has 24 heavy (non-hydrogen) atoms. The summed E-state index contributed by atoms with van der Waals surface area (Å²) < 4.78 is 0. The summed E-state index contributed by atoms with van der Waals surface area (Å²) >= 11 is 0. The molecule has 0 fully saturated rings. The van der Waals surface area contributed by atoms with Crippen molar-refractivity contribution < 1.29 is 14.7 Å². The third-order valence-electron chi connectivity index (χ3n) is 4.28. The average Bonchev–Trinajstić information content (AvgIpc) is 2.98. The number of hydrogen-bond donors (Lipinski definition) is 3. The monoisotopic (exact) mass is 334 g/mol. The van der Waals surface area contributed by atoms with Crippen molar-refractivity contribution in [1.29, 1.82) is 0 Å². The van der Waals surface area contributed by atoms with Gasteiger partial charge in [0.25, 0.3) is 0 Å². The van der Waals surface area contributed by atoms with E-state index in [4.69, 9.17) is 0 Å². The highest BCUT2D eigenvalue weighted by Crippen LogP contribution is 2.20. The number of nitrogens with zero attached hydrogens (tertiary/aromatic N) is 2. The standard InChI is InChI=1S/C17H26N4O3/c1-12-15(20-11-19-12)8-16(23)18-9-14(22)10-21(2)17(24)13-6-4-3-5-7-13/h3-4,11,13-14,22H,5-10H2,1-2H3,(H,18,23)(H,19,20). The molecule has 2 rings (SSSR count). The first-order chi connectivity index (χ1) is 11.5. The van der Waals surface area contributed by atoms with Crippen molar-refractivity contribution >= 4 is 11.8 Å². The number of carbonyl (C=O) groups is 2. The second kappa shape index (κ2) is 8.63. The molecule has 7 nitrogen and oxygen atoms in total. The van der Waals surface area contributed by atoms with Crippen molar-refractivity contribution in [2.24, 2.45) is 5.92 Å². The van der Waals surface area contributed by atoms with Gasteiger partial charge in [-0.2, -0.15) is 0 Å². The lowest BCUT2D eigenvalue weighted by molar-refractivity contribution is -0.135. The summed E-state index contributed by atoms with van der Waals surface area (Å²) in [4.78, 5) is 32.7. The van der Waals surface area contributed by atoms with Crippen LogP contribution < -0.4 is 5.32 Å². The van der Waals surface area contributed by atoms with E-state index in [2.05, 4.69) is 21.4 Å². The van der Waals surface area contributed by atoms with Gasteiger partial charge >= 0.3 is 0 Å². The molecule has 2 amide bonds. The minimum atomic E-state index is -0.790. The number of H-pyrrole nitrogens is 1. The van der Waals surface area contributed by atoms with E-state index in [0.717, 1.165) is 25.0 Å². The minimum Gasteiger partial charge on any atom is -0.389 e. The summed E-state index contributed by atoms with van der Waals surface area (Å²) in [5.74, 6) is -0.142. The molecule has 1 aliphatic carbocycles. The minimum absolute atomic E-state index is 0.00410. The normalized spacial score (nSPS) is 18.2. The molecule has 1 aromatic rings. The second-order valence-corrected chi connectivity index (χ2v) is 6.31.